The summed E-state index contributed by atoms with van der Waals surface area (Å²) in [7, 11) is 0. The van der Waals surface area contributed by atoms with Crippen LogP contribution in [-0.2, 0) is 4.79 Å². The third-order valence-corrected chi connectivity index (χ3v) is 0.615. The normalized spacial score (nSPS) is 14.3. The molecule has 9 heavy (non-hydrogen) atoms. The summed E-state index contributed by atoms with van der Waals surface area (Å²) < 4.78 is 0. The monoisotopic (exact) mass is 153 g/mol. The van der Waals surface area contributed by atoms with Crippen LogP contribution in [0.3, 0.4) is 0 Å². The Labute approximate surface area is 94.9 Å². The van der Waals surface area contributed by atoms with E-state index in [1.54, 1.807) is 0 Å². The molecule has 0 radical (unpaired) electrons. The third kappa shape index (κ3) is 4.03. The summed E-state index contributed by atoms with van der Waals surface area (Å²) in [4.78, 5) is 9.67. The summed E-state index contributed by atoms with van der Waals surface area (Å²) in [5.41, 5.74) is -2.35. The molecule has 0 aromatic heterocycles. The topological polar surface area (TPSA) is 84.1 Å². The van der Waals surface area contributed by atoms with E-state index in [-0.39, 0.29) is 51.4 Å². The summed E-state index contributed by atoms with van der Waals surface area (Å²) >= 11 is 0. The van der Waals surface area contributed by atoms with Gasteiger partial charge >= 0.3 is 51.4 Å². The van der Waals surface area contributed by atoms with Crippen molar-refractivity contribution in [2.24, 2.45) is 0 Å². The Hall–Kier alpha value is 0.556. The van der Waals surface area contributed by atoms with Gasteiger partial charge in [-0.15, -0.1) is 0 Å². The molecular weight excluding hydrogens is 149 g/mol. The summed E-state index contributed by atoms with van der Waals surface area (Å²) in [5.74, 6) is -1.78. The minimum absolute atomic E-state index is 0. The molecule has 0 aliphatic rings. The van der Waals surface area contributed by atoms with Crippen LogP contribution in [-0.4, -0.2) is 16.7 Å². The van der Waals surface area contributed by atoms with Crippen LogP contribution < -0.4 is 56.5 Å². The van der Waals surface area contributed by atoms with Crippen molar-refractivity contribution in [1.29, 1.82) is 5.26 Å². The Morgan fingerprint density at radius 1 is 1.89 bits per heavy atom. The molecule has 4 nitrogen and oxygen atoms in total. The SMILES string of the molecule is CC(O)(C#N)C(=O)[O-].[K+]. The fraction of sp³-hybridized carbons (Fsp3) is 0.500. The van der Waals surface area contributed by atoms with E-state index in [4.69, 9.17) is 10.4 Å². The first-order valence-corrected chi connectivity index (χ1v) is 1.86. The van der Waals surface area contributed by atoms with Crippen molar-refractivity contribution in [3.63, 3.8) is 0 Å². The predicted octanol–water partition coefficient (Wildman–Crippen LogP) is -4.99. The number of rotatable bonds is 1. The molecule has 0 saturated carbocycles. The maximum Gasteiger partial charge on any atom is 1.00 e. The van der Waals surface area contributed by atoms with Gasteiger partial charge < -0.3 is 15.0 Å². The Morgan fingerprint density at radius 3 is 2.22 bits per heavy atom. The van der Waals surface area contributed by atoms with Crippen molar-refractivity contribution >= 4 is 5.97 Å². The summed E-state index contributed by atoms with van der Waals surface area (Å²) in [6.45, 7) is 0.850. The van der Waals surface area contributed by atoms with E-state index in [2.05, 4.69) is 0 Å². The van der Waals surface area contributed by atoms with Gasteiger partial charge in [-0.1, -0.05) is 0 Å². The van der Waals surface area contributed by atoms with Crippen LogP contribution in [0.1, 0.15) is 6.92 Å². The quantitative estimate of drug-likeness (QED) is 0.302. The standard InChI is InChI=1S/C4H5NO3.K/c1-4(8,2-5)3(6)7;/h8H,1H3,(H,6,7);/q;+1/p-1. The van der Waals surface area contributed by atoms with Gasteiger partial charge in [-0.25, -0.2) is 0 Å². The van der Waals surface area contributed by atoms with E-state index in [9.17, 15) is 9.90 Å². The summed E-state index contributed by atoms with van der Waals surface area (Å²) in [6, 6.07) is 1.13. The second-order valence-electron chi connectivity index (χ2n) is 1.47. The first-order valence-electron chi connectivity index (χ1n) is 1.86. The predicted molar refractivity (Wildman–Crippen MR) is 21.2 cm³/mol. The number of carbonyl (C=O) groups is 1. The molecule has 0 rings (SSSR count). The Balaban J connectivity index is 0. The smallest absolute Gasteiger partial charge is 0.546 e. The number of hydrogen-bond donors (Lipinski definition) is 1. The zero-order chi connectivity index (χ0) is 6.78. The van der Waals surface area contributed by atoms with E-state index in [0.29, 0.717) is 0 Å². The Kier molecular flexibility index (Phi) is 5.97. The van der Waals surface area contributed by atoms with Gasteiger partial charge in [0, 0.05) is 0 Å². The zero-order valence-electron chi connectivity index (χ0n) is 5.21. The van der Waals surface area contributed by atoms with Crippen LogP contribution in [0.4, 0.5) is 0 Å². The minimum Gasteiger partial charge on any atom is -0.546 e. The molecule has 0 bridgehead atoms. The fourth-order valence-electron chi connectivity index (χ4n) is 0.0456. The largest absolute Gasteiger partial charge is 1.00 e. The fourth-order valence-corrected chi connectivity index (χ4v) is 0.0456. The minimum atomic E-state index is -2.35. The molecule has 1 N–H and O–H groups in total. The molecule has 0 aromatic rings. The number of nitriles is 1. The van der Waals surface area contributed by atoms with Gasteiger partial charge in [0.05, 0.1) is 5.97 Å². The van der Waals surface area contributed by atoms with Crippen LogP contribution in [0.25, 0.3) is 0 Å². The zero-order valence-corrected chi connectivity index (χ0v) is 8.33. The average molecular weight is 153 g/mol. The first-order chi connectivity index (χ1) is 3.50. The molecule has 1 atom stereocenters. The van der Waals surface area contributed by atoms with Gasteiger partial charge in [0.1, 0.15) is 6.07 Å². The Morgan fingerprint density at radius 2 is 2.22 bits per heavy atom. The van der Waals surface area contributed by atoms with Crippen LogP contribution in [0.2, 0.25) is 0 Å². The number of aliphatic carboxylic acids is 1. The second kappa shape index (κ2) is 4.38. The summed E-state index contributed by atoms with van der Waals surface area (Å²) in [5, 5.41) is 25.9. The van der Waals surface area contributed by atoms with E-state index in [1.807, 2.05) is 0 Å². The van der Waals surface area contributed by atoms with Gasteiger partial charge in [-0.3, -0.25) is 0 Å². The van der Waals surface area contributed by atoms with Gasteiger partial charge in [0.2, 0.25) is 0 Å². The molecule has 0 spiro atoms. The first kappa shape index (κ1) is 12.3. The number of carbonyl (C=O) groups excluding carboxylic acids is 1. The number of nitrogens with zero attached hydrogens (tertiary/aromatic N) is 1. The average Bonchev–Trinajstić information content (AvgIpc) is 1.67. The Bertz CT molecular complexity index is 148. The molecule has 0 aromatic carbocycles. The van der Waals surface area contributed by atoms with Crippen molar-refractivity contribution in [2.45, 2.75) is 12.5 Å². The molecule has 0 heterocycles. The van der Waals surface area contributed by atoms with Crippen LogP contribution >= 0.6 is 0 Å². The number of hydrogen-bond acceptors (Lipinski definition) is 4. The van der Waals surface area contributed by atoms with Crippen LogP contribution in [0.15, 0.2) is 0 Å². The summed E-state index contributed by atoms with van der Waals surface area (Å²) in [6.07, 6.45) is 0. The number of carboxylic acids is 1. The van der Waals surface area contributed by atoms with Crippen LogP contribution in [0, 0.1) is 11.3 Å². The van der Waals surface area contributed by atoms with E-state index >= 15 is 0 Å². The molecule has 0 saturated heterocycles. The maximum absolute atomic E-state index is 9.67. The van der Waals surface area contributed by atoms with E-state index < -0.39 is 11.6 Å². The van der Waals surface area contributed by atoms with Crippen molar-refractivity contribution in [1.82, 2.24) is 0 Å². The van der Waals surface area contributed by atoms with E-state index in [0.717, 1.165) is 13.0 Å². The molecule has 0 amide bonds. The van der Waals surface area contributed by atoms with Crippen molar-refractivity contribution in [3.05, 3.63) is 0 Å². The molecule has 0 aliphatic carbocycles. The van der Waals surface area contributed by atoms with Gasteiger partial charge in [-0.2, -0.15) is 5.26 Å². The molecular formula is C4H4KNO3. The number of aliphatic hydroxyl groups is 1. The second-order valence-corrected chi connectivity index (χ2v) is 1.47. The molecule has 1 unspecified atom stereocenters. The molecule has 5 heteroatoms. The van der Waals surface area contributed by atoms with Crippen LogP contribution in [0.5, 0.6) is 0 Å². The number of carboxylic acid groups (broad SMARTS) is 1. The maximum atomic E-state index is 9.67. The van der Waals surface area contributed by atoms with Crippen molar-refractivity contribution < 1.29 is 66.4 Å². The molecule has 0 fully saturated rings. The van der Waals surface area contributed by atoms with Crippen molar-refractivity contribution in [2.75, 3.05) is 0 Å². The third-order valence-electron chi connectivity index (χ3n) is 0.615. The van der Waals surface area contributed by atoms with Gasteiger partial charge in [0.25, 0.3) is 0 Å². The van der Waals surface area contributed by atoms with Gasteiger partial charge in [0.15, 0.2) is 5.60 Å². The van der Waals surface area contributed by atoms with Crippen molar-refractivity contribution in [3.8, 4) is 6.07 Å². The molecule has 0 aliphatic heterocycles. The molecule has 44 valence electrons. The van der Waals surface area contributed by atoms with E-state index in [1.165, 1.54) is 0 Å². The van der Waals surface area contributed by atoms with Gasteiger partial charge in [-0.05, 0) is 6.92 Å².